The average molecular weight is 435 g/mol. The maximum Gasteiger partial charge on any atom is 0.416 e. The highest BCUT2D eigenvalue weighted by Gasteiger charge is 2.31. The Morgan fingerprint density at radius 3 is 2.39 bits per heavy atom. The predicted molar refractivity (Wildman–Crippen MR) is 111 cm³/mol. The van der Waals surface area contributed by atoms with Crippen LogP contribution >= 0.6 is 0 Å². The van der Waals surface area contributed by atoms with Gasteiger partial charge in [0.25, 0.3) is 0 Å². The van der Waals surface area contributed by atoms with Crippen LogP contribution < -0.4 is 21.8 Å². The summed E-state index contributed by atoms with van der Waals surface area (Å²) in [7, 11) is 0. The van der Waals surface area contributed by atoms with Crippen molar-refractivity contribution in [2.45, 2.75) is 12.2 Å². The largest absolute Gasteiger partial charge is 0.416 e. The van der Waals surface area contributed by atoms with E-state index >= 15 is 0 Å². The molecule has 1 aromatic carbocycles. The van der Waals surface area contributed by atoms with E-state index in [0.717, 1.165) is 34.7 Å². The smallest absolute Gasteiger partial charge is 0.416 e. The highest BCUT2D eigenvalue weighted by Crippen LogP contribution is 2.33. The van der Waals surface area contributed by atoms with Crippen molar-refractivity contribution in [3.8, 4) is 0 Å². The lowest BCUT2D eigenvalue weighted by Crippen LogP contribution is -2.49. The summed E-state index contributed by atoms with van der Waals surface area (Å²) < 4.78 is 38.6. The predicted octanol–water partition coefficient (Wildman–Crippen LogP) is 1.78. The van der Waals surface area contributed by atoms with Crippen LogP contribution in [-0.4, -0.2) is 54.1 Å². The van der Waals surface area contributed by atoms with E-state index in [1.54, 1.807) is 6.26 Å². The van der Waals surface area contributed by atoms with E-state index in [1.807, 2.05) is 0 Å². The Hall–Kier alpha value is -2.89. The zero-order valence-corrected chi connectivity index (χ0v) is 16.8. The Bertz CT molecular complexity index is 941. The van der Waals surface area contributed by atoms with Gasteiger partial charge in [-0.25, -0.2) is 9.97 Å². The molecule has 1 aromatic heterocycles. The van der Waals surface area contributed by atoms with Crippen LogP contribution in [0.5, 0.6) is 0 Å². The van der Waals surface area contributed by atoms with Crippen LogP contribution in [0, 0.1) is 0 Å². The topological polar surface area (TPSA) is 106 Å². The third-order valence-electron chi connectivity index (χ3n) is 5.63. The molecule has 0 saturated carbocycles. The van der Waals surface area contributed by atoms with Gasteiger partial charge in [-0.2, -0.15) is 18.7 Å². The molecule has 3 heterocycles. The molecule has 8 nitrogen and oxygen atoms in total. The second-order valence-electron chi connectivity index (χ2n) is 7.43. The number of halogens is 3. The zero-order valence-electron chi connectivity index (χ0n) is 16.8. The minimum absolute atomic E-state index is 0.158. The van der Waals surface area contributed by atoms with Gasteiger partial charge in [0.2, 0.25) is 0 Å². The molecule has 11 heteroatoms. The Balaban J connectivity index is 1.48. The first kappa shape index (κ1) is 21.3. The summed E-state index contributed by atoms with van der Waals surface area (Å²) in [5, 5.41) is 0. The second kappa shape index (κ2) is 8.69. The van der Waals surface area contributed by atoms with Crippen molar-refractivity contribution < 1.29 is 18.0 Å². The number of nitrogens with one attached hydrogen (secondary N) is 1. The molecule has 0 amide bonds. The van der Waals surface area contributed by atoms with E-state index in [2.05, 4.69) is 25.2 Å². The normalized spacial score (nSPS) is 18.6. The lowest BCUT2D eigenvalue weighted by Gasteiger charge is -2.40. The zero-order chi connectivity index (χ0) is 22.0. The maximum atomic E-state index is 12.9. The summed E-state index contributed by atoms with van der Waals surface area (Å²) in [4.78, 5) is 18.0. The summed E-state index contributed by atoms with van der Waals surface area (Å²) in [6.45, 7) is 3.52. The molecule has 31 heavy (non-hydrogen) atoms. The molecular weight excluding hydrogens is 411 g/mol. The Morgan fingerprint density at radius 1 is 1.10 bits per heavy atom. The minimum atomic E-state index is -4.35. The Morgan fingerprint density at radius 2 is 1.81 bits per heavy atom. The van der Waals surface area contributed by atoms with Gasteiger partial charge in [0.05, 0.1) is 17.7 Å². The third-order valence-corrected chi connectivity index (χ3v) is 5.63. The van der Waals surface area contributed by atoms with Gasteiger partial charge < -0.3 is 21.2 Å². The molecule has 0 aliphatic carbocycles. The highest BCUT2D eigenvalue weighted by atomic mass is 19.4. The summed E-state index contributed by atoms with van der Waals surface area (Å²) in [5.41, 5.74) is 16.6. The maximum absolute atomic E-state index is 12.9. The van der Waals surface area contributed by atoms with Crippen LogP contribution in [0.25, 0.3) is 5.57 Å². The van der Waals surface area contributed by atoms with E-state index in [9.17, 15) is 13.2 Å². The SMILES string of the molecule is NCC(c1ccc(C(F)(F)F)cc1)N1CCN(c2ncnc(N)c2C2=CONC2)CC1. The molecule has 0 radical (unpaired) electrons. The number of nitrogens with zero attached hydrogens (tertiary/aromatic N) is 4. The summed E-state index contributed by atoms with van der Waals surface area (Å²) in [6, 6.07) is 5.07. The number of hydrogen-bond donors (Lipinski definition) is 3. The van der Waals surface area contributed by atoms with Crippen molar-refractivity contribution in [2.24, 2.45) is 5.73 Å². The molecule has 4 rings (SSSR count). The van der Waals surface area contributed by atoms with Crippen LogP contribution in [0.15, 0.2) is 36.9 Å². The Kier molecular flexibility index (Phi) is 5.99. The first-order chi connectivity index (χ1) is 14.9. The van der Waals surface area contributed by atoms with Crippen LogP contribution in [0.3, 0.4) is 0 Å². The van der Waals surface area contributed by atoms with Gasteiger partial charge in [-0.1, -0.05) is 12.1 Å². The molecule has 2 aliphatic heterocycles. The molecule has 1 fully saturated rings. The number of benzene rings is 1. The highest BCUT2D eigenvalue weighted by molar-refractivity contribution is 5.82. The average Bonchev–Trinajstić information content (AvgIpc) is 3.29. The van der Waals surface area contributed by atoms with Crippen molar-refractivity contribution in [2.75, 3.05) is 49.9 Å². The molecular formula is C20H24F3N7O. The number of alkyl halides is 3. The second-order valence-corrected chi connectivity index (χ2v) is 7.43. The molecule has 2 aromatic rings. The quantitative estimate of drug-likeness (QED) is 0.653. The number of aromatic nitrogens is 2. The van der Waals surface area contributed by atoms with Gasteiger partial charge in [-0.3, -0.25) is 4.90 Å². The van der Waals surface area contributed by atoms with Crippen LogP contribution in [-0.2, 0) is 11.0 Å². The van der Waals surface area contributed by atoms with Crippen molar-refractivity contribution in [3.05, 3.63) is 53.5 Å². The number of hydrogen-bond acceptors (Lipinski definition) is 8. The monoisotopic (exact) mass is 435 g/mol. The number of nitrogen functional groups attached to an aromatic ring is 1. The van der Waals surface area contributed by atoms with Crippen molar-refractivity contribution in [1.82, 2.24) is 20.3 Å². The van der Waals surface area contributed by atoms with Crippen molar-refractivity contribution >= 4 is 17.2 Å². The number of anilines is 2. The molecule has 1 saturated heterocycles. The van der Waals surface area contributed by atoms with E-state index in [1.165, 1.54) is 18.5 Å². The van der Waals surface area contributed by atoms with Gasteiger partial charge in [-0.05, 0) is 17.7 Å². The van der Waals surface area contributed by atoms with Gasteiger partial charge in [0.1, 0.15) is 24.2 Å². The van der Waals surface area contributed by atoms with E-state index in [-0.39, 0.29) is 6.04 Å². The third kappa shape index (κ3) is 4.43. The van der Waals surface area contributed by atoms with E-state index < -0.39 is 11.7 Å². The summed E-state index contributed by atoms with van der Waals surface area (Å²) in [6.07, 6.45) is -1.31. The standard InChI is InChI=1S/C20H24F3N7O/c21-20(22,23)15-3-1-13(2-4-15)16(9-24)29-5-7-30(8-6-29)19-17(14-10-28-31-11-14)18(25)26-12-27-19/h1-4,11-12,16,28H,5-10,24H2,(H2,25,26,27). The van der Waals surface area contributed by atoms with Crippen molar-refractivity contribution in [3.63, 3.8) is 0 Å². The molecule has 5 N–H and O–H groups in total. The molecule has 1 unspecified atom stereocenters. The molecule has 0 bridgehead atoms. The first-order valence-electron chi connectivity index (χ1n) is 9.93. The number of piperazine rings is 1. The fourth-order valence-electron chi connectivity index (χ4n) is 3.99. The molecule has 166 valence electrons. The fourth-order valence-corrected chi connectivity index (χ4v) is 3.99. The molecule has 1 atom stereocenters. The minimum Gasteiger partial charge on any atom is -0.416 e. The molecule has 0 spiro atoms. The van der Waals surface area contributed by atoms with Crippen LogP contribution in [0.1, 0.15) is 22.7 Å². The molecule has 2 aliphatic rings. The van der Waals surface area contributed by atoms with Gasteiger partial charge >= 0.3 is 6.18 Å². The van der Waals surface area contributed by atoms with Crippen molar-refractivity contribution in [1.29, 1.82) is 0 Å². The van der Waals surface area contributed by atoms with Crippen LogP contribution in [0.4, 0.5) is 24.8 Å². The number of rotatable bonds is 5. The van der Waals surface area contributed by atoms with Gasteiger partial charge in [0, 0.05) is 44.3 Å². The van der Waals surface area contributed by atoms with Crippen LogP contribution in [0.2, 0.25) is 0 Å². The number of nitrogens with two attached hydrogens (primary N) is 2. The van der Waals surface area contributed by atoms with Gasteiger partial charge in [-0.15, -0.1) is 0 Å². The lowest BCUT2D eigenvalue weighted by molar-refractivity contribution is -0.137. The van der Waals surface area contributed by atoms with E-state index in [0.29, 0.717) is 45.1 Å². The van der Waals surface area contributed by atoms with E-state index in [4.69, 9.17) is 16.3 Å². The Labute approximate surface area is 177 Å². The fraction of sp³-hybridized carbons (Fsp3) is 0.400. The summed E-state index contributed by atoms with van der Waals surface area (Å²) >= 11 is 0. The number of hydroxylamine groups is 1. The summed E-state index contributed by atoms with van der Waals surface area (Å²) in [5.74, 6) is 1.13. The van der Waals surface area contributed by atoms with Gasteiger partial charge in [0.15, 0.2) is 0 Å². The first-order valence-corrected chi connectivity index (χ1v) is 9.93. The lowest BCUT2D eigenvalue weighted by atomic mass is 10.0.